The lowest BCUT2D eigenvalue weighted by atomic mass is 10.3. The Balaban J connectivity index is 1.68. The number of hydrogen-bond acceptors (Lipinski definition) is 4. The first-order chi connectivity index (χ1) is 11.8. The van der Waals surface area contributed by atoms with E-state index in [1.165, 1.54) is 13.2 Å². The summed E-state index contributed by atoms with van der Waals surface area (Å²) in [5.41, 5.74) is 1.75. The molecule has 0 radical (unpaired) electrons. The van der Waals surface area contributed by atoms with Crippen LogP contribution in [0, 0.1) is 0 Å². The fourth-order valence-electron chi connectivity index (χ4n) is 2.15. The summed E-state index contributed by atoms with van der Waals surface area (Å²) in [6, 6.07) is 16.7. The molecule has 0 unspecified atom stereocenters. The number of benzene rings is 2. The van der Waals surface area contributed by atoms with Gasteiger partial charge >= 0.3 is 5.97 Å². The van der Waals surface area contributed by atoms with E-state index in [1.807, 2.05) is 42.6 Å². The minimum Gasteiger partial charge on any atom is -0.493 e. The zero-order chi connectivity index (χ0) is 16.8. The van der Waals surface area contributed by atoms with Gasteiger partial charge in [0.2, 0.25) is 0 Å². The molecule has 1 heterocycles. The molecule has 0 spiro atoms. The monoisotopic (exact) mass is 320 g/mol. The summed E-state index contributed by atoms with van der Waals surface area (Å²) >= 11 is 0. The molecule has 120 valence electrons. The second kappa shape index (κ2) is 7.28. The molecule has 5 heteroatoms. The van der Waals surface area contributed by atoms with Crippen molar-refractivity contribution in [2.24, 2.45) is 0 Å². The second-order valence-electron chi connectivity index (χ2n) is 4.96. The van der Waals surface area contributed by atoms with E-state index in [2.05, 4.69) is 5.10 Å². The van der Waals surface area contributed by atoms with Crippen LogP contribution < -0.4 is 9.47 Å². The van der Waals surface area contributed by atoms with E-state index in [9.17, 15) is 4.79 Å². The van der Waals surface area contributed by atoms with E-state index in [4.69, 9.17) is 9.47 Å². The Hall–Kier alpha value is -3.34. The van der Waals surface area contributed by atoms with Crippen LogP contribution in [-0.4, -0.2) is 22.9 Å². The number of ether oxygens (including phenoxy) is 2. The van der Waals surface area contributed by atoms with Gasteiger partial charge in [-0.25, -0.2) is 9.48 Å². The Labute approximate surface area is 139 Å². The SMILES string of the molecule is COc1ccccc1OC(=O)/C=C/c1cnn(-c2ccccc2)c1. The van der Waals surface area contributed by atoms with Crippen molar-refractivity contribution < 1.29 is 14.3 Å². The van der Waals surface area contributed by atoms with Crippen molar-refractivity contribution in [3.05, 3.63) is 78.6 Å². The average molecular weight is 320 g/mol. The molecule has 0 bridgehead atoms. The van der Waals surface area contributed by atoms with Crippen LogP contribution in [0.2, 0.25) is 0 Å². The van der Waals surface area contributed by atoms with Crippen LogP contribution in [0.1, 0.15) is 5.56 Å². The molecule has 0 aliphatic carbocycles. The van der Waals surface area contributed by atoms with Crippen LogP contribution in [0.25, 0.3) is 11.8 Å². The van der Waals surface area contributed by atoms with Crippen LogP contribution in [0.4, 0.5) is 0 Å². The van der Waals surface area contributed by atoms with Crippen molar-refractivity contribution in [2.45, 2.75) is 0 Å². The van der Waals surface area contributed by atoms with Gasteiger partial charge in [0.25, 0.3) is 0 Å². The lowest BCUT2D eigenvalue weighted by molar-refractivity contribution is -0.129. The van der Waals surface area contributed by atoms with Crippen molar-refractivity contribution in [1.29, 1.82) is 0 Å². The zero-order valence-corrected chi connectivity index (χ0v) is 13.1. The fourth-order valence-corrected chi connectivity index (χ4v) is 2.15. The molecule has 5 nitrogen and oxygen atoms in total. The van der Waals surface area contributed by atoms with Gasteiger partial charge in [-0.15, -0.1) is 0 Å². The van der Waals surface area contributed by atoms with Crippen molar-refractivity contribution >= 4 is 12.0 Å². The van der Waals surface area contributed by atoms with Gasteiger partial charge in [0.1, 0.15) is 0 Å². The summed E-state index contributed by atoms with van der Waals surface area (Å²) in [6.45, 7) is 0. The lowest BCUT2D eigenvalue weighted by Gasteiger charge is -2.06. The summed E-state index contributed by atoms with van der Waals surface area (Å²) < 4.78 is 12.2. The molecule has 0 amide bonds. The summed E-state index contributed by atoms with van der Waals surface area (Å²) in [5, 5.41) is 4.27. The average Bonchev–Trinajstić information content (AvgIpc) is 3.10. The Morgan fingerprint density at radius 1 is 1.04 bits per heavy atom. The molecule has 0 saturated carbocycles. The molecule has 0 aliphatic heterocycles. The first kappa shape index (κ1) is 15.6. The Morgan fingerprint density at radius 2 is 1.75 bits per heavy atom. The largest absolute Gasteiger partial charge is 0.493 e. The van der Waals surface area contributed by atoms with E-state index >= 15 is 0 Å². The first-order valence-corrected chi connectivity index (χ1v) is 7.39. The number of carbonyl (C=O) groups is 1. The smallest absolute Gasteiger partial charge is 0.336 e. The molecule has 0 saturated heterocycles. The number of para-hydroxylation sites is 3. The highest BCUT2D eigenvalue weighted by atomic mass is 16.6. The number of methoxy groups -OCH3 is 1. The number of hydrogen-bond donors (Lipinski definition) is 0. The topological polar surface area (TPSA) is 53.4 Å². The fraction of sp³-hybridized carbons (Fsp3) is 0.0526. The Morgan fingerprint density at radius 3 is 2.50 bits per heavy atom. The van der Waals surface area contributed by atoms with E-state index < -0.39 is 5.97 Å². The van der Waals surface area contributed by atoms with Crippen LogP contribution in [-0.2, 0) is 4.79 Å². The molecular formula is C19H16N2O3. The second-order valence-corrected chi connectivity index (χ2v) is 4.96. The third-order valence-electron chi connectivity index (χ3n) is 3.31. The number of aromatic nitrogens is 2. The number of carbonyl (C=O) groups excluding carboxylic acids is 1. The first-order valence-electron chi connectivity index (χ1n) is 7.39. The van der Waals surface area contributed by atoms with Gasteiger partial charge in [-0.2, -0.15) is 5.10 Å². The molecular weight excluding hydrogens is 304 g/mol. The van der Waals surface area contributed by atoms with Crippen molar-refractivity contribution in [3.8, 4) is 17.2 Å². The van der Waals surface area contributed by atoms with Crippen LogP contribution in [0.3, 0.4) is 0 Å². The lowest BCUT2D eigenvalue weighted by Crippen LogP contribution is -2.04. The van der Waals surface area contributed by atoms with Gasteiger partial charge in [-0.1, -0.05) is 30.3 Å². The van der Waals surface area contributed by atoms with Crippen molar-refractivity contribution in [3.63, 3.8) is 0 Å². The zero-order valence-electron chi connectivity index (χ0n) is 13.1. The van der Waals surface area contributed by atoms with Crippen molar-refractivity contribution in [2.75, 3.05) is 7.11 Å². The minimum absolute atomic E-state index is 0.384. The summed E-state index contributed by atoms with van der Waals surface area (Å²) in [5.74, 6) is 0.415. The van der Waals surface area contributed by atoms with E-state index in [-0.39, 0.29) is 0 Å². The molecule has 0 N–H and O–H groups in total. The van der Waals surface area contributed by atoms with Gasteiger partial charge in [-0.3, -0.25) is 0 Å². The summed E-state index contributed by atoms with van der Waals surface area (Å²) in [7, 11) is 1.53. The van der Waals surface area contributed by atoms with Gasteiger partial charge < -0.3 is 9.47 Å². The minimum atomic E-state index is -0.480. The van der Waals surface area contributed by atoms with Crippen LogP contribution in [0.5, 0.6) is 11.5 Å². The quantitative estimate of drug-likeness (QED) is 0.410. The molecule has 0 aliphatic rings. The third-order valence-corrected chi connectivity index (χ3v) is 3.31. The number of nitrogens with zero attached hydrogens (tertiary/aromatic N) is 2. The van der Waals surface area contributed by atoms with Crippen LogP contribution in [0.15, 0.2) is 73.1 Å². The molecule has 2 aromatic carbocycles. The highest BCUT2D eigenvalue weighted by Crippen LogP contribution is 2.25. The third kappa shape index (κ3) is 3.70. The molecule has 3 aromatic rings. The molecule has 0 fully saturated rings. The van der Waals surface area contributed by atoms with E-state index in [0.29, 0.717) is 11.5 Å². The van der Waals surface area contributed by atoms with Gasteiger partial charge in [-0.05, 0) is 30.3 Å². The maximum Gasteiger partial charge on any atom is 0.336 e. The van der Waals surface area contributed by atoms with Crippen molar-refractivity contribution in [1.82, 2.24) is 9.78 Å². The molecule has 3 rings (SSSR count). The summed E-state index contributed by atoms with van der Waals surface area (Å²) in [4.78, 5) is 11.9. The standard InChI is InChI=1S/C19H16N2O3/c1-23-17-9-5-6-10-18(17)24-19(22)12-11-15-13-20-21(14-15)16-7-3-2-4-8-16/h2-14H,1H3/b12-11+. The van der Waals surface area contributed by atoms with E-state index in [1.54, 1.807) is 35.2 Å². The molecule has 1 aromatic heterocycles. The molecule has 24 heavy (non-hydrogen) atoms. The predicted molar refractivity (Wildman–Crippen MR) is 91.2 cm³/mol. The van der Waals surface area contributed by atoms with Crippen LogP contribution >= 0.6 is 0 Å². The highest BCUT2D eigenvalue weighted by Gasteiger charge is 2.06. The number of esters is 1. The summed E-state index contributed by atoms with van der Waals surface area (Å²) in [6.07, 6.45) is 6.53. The van der Waals surface area contributed by atoms with Gasteiger partial charge in [0, 0.05) is 17.8 Å². The predicted octanol–water partition coefficient (Wildman–Crippen LogP) is 3.50. The maximum absolute atomic E-state index is 11.9. The Kier molecular flexibility index (Phi) is 4.72. The van der Waals surface area contributed by atoms with Gasteiger partial charge in [0.15, 0.2) is 11.5 Å². The number of rotatable bonds is 5. The Bertz CT molecular complexity index is 854. The normalized spacial score (nSPS) is 10.7. The van der Waals surface area contributed by atoms with Gasteiger partial charge in [0.05, 0.1) is 19.0 Å². The molecule has 0 atom stereocenters. The maximum atomic E-state index is 11.9. The van der Waals surface area contributed by atoms with E-state index in [0.717, 1.165) is 11.3 Å². The highest BCUT2D eigenvalue weighted by molar-refractivity contribution is 5.88.